The van der Waals surface area contributed by atoms with Crippen molar-refractivity contribution in [2.75, 3.05) is 0 Å². The molecule has 3 nitrogen and oxygen atoms in total. The first-order valence-electron chi connectivity index (χ1n) is 9.55. The minimum Gasteiger partial charge on any atom is -0.466 e. The van der Waals surface area contributed by atoms with E-state index in [0.717, 1.165) is 38.7 Å². The number of fused-ring (bicyclic) bond motifs is 3. The number of aromatic nitrogens is 1. The van der Waals surface area contributed by atoms with E-state index in [1.54, 1.807) is 6.07 Å². The Bertz CT molecular complexity index is 1420. The van der Waals surface area contributed by atoms with Gasteiger partial charge in [-0.3, -0.25) is 0 Å². The van der Waals surface area contributed by atoms with Crippen LogP contribution in [-0.2, 0) is 7.05 Å². The molecule has 0 N–H and O–H groups in total. The number of furan rings is 1. The van der Waals surface area contributed by atoms with E-state index in [1.807, 2.05) is 18.2 Å². The highest BCUT2D eigenvalue weighted by molar-refractivity contribution is 6.12. The number of para-hydroxylation sites is 1. The van der Waals surface area contributed by atoms with Crippen molar-refractivity contribution >= 4 is 27.6 Å². The van der Waals surface area contributed by atoms with Gasteiger partial charge in [0.2, 0.25) is 11.4 Å². The van der Waals surface area contributed by atoms with E-state index < -0.39 is 0 Å². The van der Waals surface area contributed by atoms with E-state index in [9.17, 15) is 0 Å². The molecule has 0 radical (unpaired) electrons. The lowest BCUT2D eigenvalue weighted by Gasteiger charge is -2.08. The first-order chi connectivity index (χ1) is 14.2. The van der Waals surface area contributed by atoms with Gasteiger partial charge in [-0.05, 0) is 23.6 Å². The Kier molecular flexibility index (Phi) is 3.93. The zero-order valence-electron chi connectivity index (χ0n) is 16.3. The third-order valence-corrected chi connectivity index (χ3v) is 5.49. The number of benzene rings is 3. The second kappa shape index (κ2) is 6.61. The Labute approximate surface area is 169 Å². The average molecular weight is 375 g/mol. The molecule has 0 aliphatic heterocycles. The molecule has 0 fully saturated rings. The van der Waals surface area contributed by atoms with Gasteiger partial charge in [0.05, 0.1) is 12.1 Å². The fourth-order valence-electron chi connectivity index (χ4n) is 3.98. The maximum atomic E-state index is 7.48. The van der Waals surface area contributed by atoms with Crippen molar-refractivity contribution in [1.29, 1.82) is 0 Å². The Morgan fingerprint density at radius 3 is 2.41 bits per heavy atom. The summed E-state index contributed by atoms with van der Waals surface area (Å²) < 4.78 is 8.44. The van der Waals surface area contributed by atoms with Gasteiger partial charge in [-0.2, -0.15) is 0 Å². The smallest absolute Gasteiger partial charge is 0.229 e. The van der Waals surface area contributed by atoms with E-state index in [-0.39, 0.29) is 0 Å². The van der Waals surface area contributed by atoms with Gasteiger partial charge in [-0.1, -0.05) is 60.7 Å². The number of hydrogen-bond acceptors (Lipinski definition) is 1. The largest absolute Gasteiger partial charge is 0.466 e. The summed E-state index contributed by atoms with van der Waals surface area (Å²) in [5.41, 5.74) is 7.66. The second-order valence-electron chi connectivity index (χ2n) is 7.28. The third kappa shape index (κ3) is 2.69. The van der Waals surface area contributed by atoms with E-state index in [0.29, 0.717) is 11.3 Å². The van der Waals surface area contributed by atoms with Crippen LogP contribution < -0.4 is 4.57 Å². The maximum Gasteiger partial charge on any atom is 0.229 e. The summed E-state index contributed by atoms with van der Waals surface area (Å²) in [4.78, 5) is 3.64. The van der Waals surface area contributed by atoms with Gasteiger partial charge in [0.25, 0.3) is 0 Å². The predicted molar refractivity (Wildman–Crippen MR) is 117 cm³/mol. The molecular weight excluding hydrogens is 356 g/mol. The Hall–Kier alpha value is -3.90. The van der Waals surface area contributed by atoms with Gasteiger partial charge < -0.3 is 4.42 Å². The van der Waals surface area contributed by atoms with Crippen molar-refractivity contribution in [3.8, 4) is 22.4 Å². The van der Waals surface area contributed by atoms with E-state index >= 15 is 0 Å². The van der Waals surface area contributed by atoms with Crippen molar-refractivity contribution < 1.29 is 8.98 Å². The molecule has 0 aliphatic carbocycles. The number of hydrogen-bond donors (Lipinski definition) is 0. The molecule has 5 aromatic rings. The van der Waals surface area contributed by atoms with Crippen LogP contribution in [0.4, 0.5) is 5.69 Å². The number of aryl methyl sites for hydroxylation is 2. The highest BCUT2D eigenvalue weighted by Gasteiger charge is 2.22. The van der Waals surface area contributed by atoms with Crippen LogP contribution >= 0.6 is 0 Å². The maximum absolute atomic E-state index is 7.48. The quantitative estimate of drug-likeness (QED) is 0.251. The van der Waals surface area contributed by atoms with Crippen LogP contribution in [0.3, 0.4) is 0 Å². The molecular formula is C26H19N2O+. The van der Waals surface area contributed by atoms with Crippen molar-refractivity contribution in [2.24, 2.45) is 7.05 Å². The van der Waals surface area contributed by atoms with Gasteiger partial charge in [0.15, 0.2) is 6.20 Å². The normalized spacial score (nSPS) is 11.1. The van der Waals surface area contributed by atoms with Crippen LogP contribution in [0.25, 0.3) is 49.2 Å². The summed E-state index contributed by atoms with van der Waals surface area (Å²) >= 11 is 0. The summed E-state index contributed by atoms with van der Waals surface area (Å²) in [6.45, 7) is 9.58. The Morgan fingerprint density at radius 2 is 1.62 bits per heavy atom. The van der Waals surface area contributed by atoms with Crippen LogP contribution in [0.15, 0.2) is 83.4 Å². The summed E-state index contributed by atoms with van der Waals surface area (Å²) in [6, 6.07) is 24.7. The van der Waals surface area contributed by atoms with Crippen LogP contribution in [-0.4, -0.2) is 0 Å². The Balaban J connectivity index is 1.84. The summed E-state index contributed by atoms with van der Waals surface area (Å²) in [7, 11) is 2.05. The average Bonchev–Trinajstić information content (AvgIpc) is 3.13. The monoisotopic (exact) mass is 375 g/mol. The predicted octanol–water partition coefficient (Wildman–Crippen LogP) is 6.60. The molecule has 0 unspecified atom stereocenters. The standard InChI is InChI=1S/C26H19N2O/c1-17-12-13-21-20-10-7-11-22(27-2)25(20)29-26(21)24(17)23-16-19(14-15-28(23)3)18-8-5-4-6-9-18/h4-16H,1,3H3/q+1. The number of pyridine rings is 1. The van der Waals surface area contributed by atoms with Crippen LogP contribution in [0.2, 0.25) is 0 Å². The van der Waals surface area contributed by atoms with Gasteiger partial charge >= 0.3 is 0 Å². The molecule has 138 valence electrons. The minimum atomic E-state index is 0.546. The van der Waals surface area contributed by atoms with Gasteiger partial charge in [-0.25, -0.2) is 9.41 Å². The molecule has 0 saturated heterocycles. The van der Waals surface area contributed by atoms with Gasteiger partial charge in [-0.15, -0.1) is 0 Å². The highest BCUT2D eigenvalue weighted by atomic mass is 16.3. The molecule has 0 amide bonds. The van der Waals surface area contributed by atoms with Crippen molar-refractivity contribution in [2.45, 2.75) is 6.92 Å². The van der Waals surface area contributed by atoms with Crippen molar-refractivity contribution in [3.63, 3.8) is 0 Å². The fourth-order valence-corrected chi connectivity index (χ4v) is 3.98. The van der Waals surface area contributed by atoms with Gasteiger partial charge in [0, 0.05) is 22.9 Å². The van der Waals surface area contributed by atoms with Crippen LogP contribution in [0.5, 0.6) is 0 Å². The van der Waals surface area contributed by atoms with E-state index in [1.165, 1.54) is 5.56 Å². The molecule has 0 bridgehead atoms. The zero-order chi connectivity index (χ0) is 20.0. The molecule has 5 rings (SSSR count). The molecule has 3 aromatic carbocycles. The zero-order valence-corrected chi connectivity index (χ0v) is 16.3. The van der Waals surface area contributed by atoms with E-state index in [4.69, 9.17) is 11.0 Å². The number of nitrogens with zero attached hydrogens (tertiary/aromatic N) is 2. The van der Waals surface area contributed by atoms with E-state index in [2.05, 4.69) is 78.1 Å². The molecule has 0 atom stereocenters. The summed E-state index contributed by atoms with van der Waals surface area (Å²) in [5, 5.41) is 2.02. The first kappa shape index (κ1) is 17.2. The van der Waals surface area contributed by atoms with Crippen molar-refractivity contribution in [3.05, 3.63) is 96.0 Å². The summed E-state index contributed by atoms with van der Waals surface area (Å²) in [6.07, 6.45) is 2.09. The third-order valence-electron chi connectivity index (χ3n) is 5.49. The molecule has 2 heterocycles. The molecule has 0 saturated carbocycles. The SMILES string of the molecule is [C-]#[N+]c1cccc2c1oc1c(-c3cc(-c4ccccc4)cc[n+]3C)c(C)ccc12. The first-order valence-corrected chi connectivity index (χ1v) is 9.55. The van der Waals surface area contributed by atoms with Crippen LogP contribution in [0, 0.1) is 13.5 Å². The molecule has 0 aliphatic rings. The van der Waals surface area contributed by atoms with Crippen LogP contribution in [0.1, 0.15) is 5.56 Å². The van der Waals surface area contributed by atoms with Gasteiger partial charge in [0.1, 0.15) is 18.2 Å². The molecule has 3 heteroatoms. The molecule has 2 aromatic heterocycles. The van der Waals surface area contributed by atoms with Crippen molar-refractivity contribution in [1.82, 2.24) is 0 Å². The minimum absolute atomic E-state index is 0.546. The highest BCUT2D eigenvalue weighted by Crippen LogP contribution is 2.40. The Morgan fingerprint density at radius 1 is 0.828 bits per heavy atom. The molecule has 29 heavy (non-hydrogen) atoms. The fraction of sp³-hybridized carbons (Fsp3) is 0.0769. The second-order valence-corrected chi connectivity index (χ2v) is 7.28. The number of rotatable bonds is 2. The lowest BCUT2D eigenvalue weighted by Crippen LogP contribution is -2.30. The summed E-state index contributed by atoms with van der Waals surface area (Å²) in [5.74, 6) is 0. The topological polar surface area (TPSA) is 21.4 Å². The lowest BCUT2D eigenvalue weighted by atomic mass is 9.98. The molecule has 0 spiro atoms. The lowest BCUT2D eigenvalue weighted by molar-refractivity contribution is -0.660.